The smallest absolute Gasteiger partial charge is 0.132 e. The van der Waals surface area contributed by atoms with Gasteiger partial charge in [0, 0.05) is 30.0 Å². The minimum atomic E-state index is -0.131. The molecule has 0 saturated heterocycles. The first-order valence-corrected chi connectivity index (χ1v) is 8.24. The number of hydrogen-bond donors (Lipinski definition) is 0. The molecule has 1 aromatic carbocycles. The zero-order valence-corrected chi connectivity index (χ0v) is 13.2. The summed E-state index contributed by atoms with van der Waals surface area (Å²) >= 11 is 0. The number of rotatable bonds is 2. The van der Waals surface area contributed by atoms with Crippen LogP contribution in [-0.2, 0) is 0 Å². The van der Waals surface area contributed by atoms with Gasteiger partial charge in [-0.15, -0.1) is 0 Å². The average molecular weight is 309 g/mol. The molecule has 0 radical (unpaired) electrons. The third kappa shape index (κ3) is 2.52. The molecule has 1 fully saturated rings. The zero-order valence-electron chi connectivity index (χ0n) is 13.2. The fourth-order valence-corrected chi connectivity index (χ4v) is 3.97. The molecule has 2 aromatic heterocycles. The molecule has 0 unspecified atom stereocenters. The Hall–Kier alpha value is -2.23. The number of aryl methyl sites for hydroxylation is 1. The molecular weight excluding hydrogens is 289 g/mol. The molecule has 0 spiro atoms. The minimum Gasteiger partial charge on any atom is -0.344 e. The van der Waals surface area contributed by atoms with E-state index in [9.17, 15) is 4.39 Å². The summed E-state index contributed by atoms with van der Waals surface area (Å²) in [6.07, 6.45) is 12.0. The maximum atomic E-state index is 14.1. The molecule has 3 aromatic rings. The van der Waals surface area contributed by atoms with Gasteiger partial charge < -0.3 is 4.57 Å². The molecule has 1 saturated carbocycles. The third-order valence-electron chi connectivity index (χ3n) is 5.12. The predicted molar refractivity (Wildman–Crippen MR) is 88.9 cm³/mol. The lowest BCUT2D eigenvalue weighted by atomic mass is 9.82. The van der Waals surface area contributed by atoms with Crippen molar-refractivity contribution < 1.29 is 4.39 Å². The SMILES string of the molecule is Cc1ccc(F)c2ccn([C@@H]3CCC[C@@H](c4cncnc4)C3)c12. The first-order chi connectivity index (χ1) is 11.2. The van der Waals surface area contributed by atoms with Crippen LogP contribution in [-0.4, -0.2) is 14.5 Å². The number of nitrogens with zero attached hydrogens (tertiary/aromatic N) is 3. The highest BCUT2D eigenvalue weighted by atomic mass is 19.1. The summed E-state index contributed by atoms with van der Waals surface area (Å²) in [6.45, 7) is 2.06. The van der Waals surface area contributed by atoms with E-state index >= 15 is 0 Å². The third-order valence-corrected chi connectivity index (χ3v) is 5.12. The van der Waals surface area contributed by atoms with Gasteiger partial charge in [-0.25, -0.2) is 14.4 Å². The van der Waals surface area contributed by atoms with Gasteiger partial charge in [0.25, 0.3) is 0 Å². The fraction of sp³-hybridized carbons (Fsp3) is 0.368. The lowest BCUT2D eigenvalue weighted by Gasteiger charge is -2.31. The van der Waals surface area contributed by atoms with Crippen molar-refractivity contribution in [2.24, 2.45) is 0 Å². The first-order valence-electron chi connectivity index (χ1n) is 8.24. The first kappa shape index (κ1) is 14.4. The number of halogens is 1. The molecular formula is C19H20FN3. The van der Waals surface area contributed by atoms with Gasteiger partial charge in [0.15, 0.2) is 0 Å². The van der Waals surface area contributed by atoms with Crippen molar-refractivity contribution in [2.75, 3.05) is 0 Å². The van der Waals surface area contributed by atoms with Gasteiger partial charge in [-0.1, -0.05) is 12.5 Å². The summed E-state index contributed by atoms with van der Waals surface area (Å²) < 4.78 is 16.3. The molecule has 0 aliphatic heterocycles. The zero-order chi connectivity index (χ0) is 15.8. The molecule has 4 rings (SSSR count). The van der Waals surface area contributed by atoms with Crippen LogP contribution >= 0.6 is 0 Å². The molecule has 118 valence electrons. The van der Waals surface area contributed by atoms with Crippen LogP contribution in [0.3, 0.4) is 0 Å². The van der Waals surface area contributed by atoms with Crippen molar-refractivity contribution in [1.29, 1.82) is 0 Å². The van der Waals surface area contributed by atoms with E-state index in [0.29, 0.717) is 12.0 Å². The number of benzene rings is 1. The summed E-state index contributed by atoms with van der Waals surface area (Å²) in [7, 11) is 0. The molecule has 2 heterocycles. The van der Waals surface area contributed by atoms with Crippen LogP contribution in [0, 0.1) is 12.7 Å². The van der Waals surface area contributed by atoms with Gasteiger partial charge in [-0.05, 0) is 55.4 Å². The van der Waals surface area contributed by atoms with Gasteiger partial charge in [0.2, 0.25) is 0 Å². The summed E-state index contributed by atoms with van der Waals surface area (Å²) in [4.78, 5) is 8.31. The summed E-state index contributed by atoms with van der Waals surface area (Å²) in [5.74, 6) is 0.356. The lowest BCUT2D eigenvalue weighted by Crippen LogP contribution is -2.18. The maximum absolute atomic E-state index is 14.1. The van der Waals surface area contributed by atoms with Crippen molar-refractivity contribution in [3.8, 4) is 0 Å². The highest BCUT2D eigenvalue weighted by Gasteiger charge is 2.26. The predicted octanol–water partition coefficient (Wildman–Crippen LogP) is 4.78. The average Bonchev–Trinajstić information content (AvgIpc) is 3.06. The van der Waals surface area contributed by atoms with Gasteiger partial charge in [-0.3, -0.25) is 0 Å². The fourth-order valence-electron chi connectivity index (χ4n) is 3.97. The van der Waals surface area contributed by atoms with Crippen molar-refractivity contribution >= 4 is 10.9 Å². The summed E-state index contributed by atoms with van der Waals surface area (Å²) in [5.41, 5.74) is 3.40. The van der Waals surface area contributed by atoms with Crippen LogP contribution in [0.15, 0.2) is 43.1 Å². The number of hydrogen-bond acceptors (Lipinski definition) is 2. The number of aromatic nitrogens is 3. The minimum absolute atomic E-state index is 0.131. The van der Waals surface area contributed by atoms with Crippen LogP contribution in [0.5, 0.6) is 0 Å². The van der Waals surface area contributed by atoms with E-state index in [1.807, 2.05) is 24.5 Å². The Morgan fingerprint density at radius 1 is 1.13 bits per heavy atom. The standard InChI is InChI=1S/C19H20FN3/c1-13-5-6-18(20)17-7-8-23(19(13)17)16-4-2-3-14(9-16)15-10-21-12-22-11-15/h5-8,10-12,14,16H,2-4,9H2,1H3/t14-,16-/m1/s1. The Morgan fingerprint density at radius 2 is 1.96 bits per heavy atom. The molecule has 3 nitrogen and oxygen atoms in total. The second-order valence-corrected chi connectivity index (χ2v) is 6.54. The van der Waals surface area contributed by atoms with Crippen molar-refractivity contribution in [3.05, 3.63) is 60.1 Å². The van der Waals surface area contributed by atoms with Crippen LogP contribution in [0.4, 0.5) is 4.39 Å². The van der Waals surface area contributed by atoms with Crippen LogP contribution in [0.1, 0.15) is 48.8 Å². The van der Waals surface area contributed by atoms with Gasteiger partial charge in [0.1, 0.15) is 12.1 Å². The van der Waals surface area contributed by atoms with E-state index in [1.165, 1.54) is 18.4 Å². The largest absolute Gasteiger partial charge is 0.344 e. The van der Waals surface area contributed by atoms with E-state index < -0.39 is 0 Å². The molecule has 0 bridgehead atoms. The molecule has 1 aliphatic carbocycles. The normalized spacial score (nSPS) is 21.7. The van der Waals surface area contributed by atoms with Crippen LogP contribution in [0.25, 0.3) is 10.9 Å². The Labute approximate surface area is 135 Å². The van der Waals surface area contributed by atoms with E-state index in [1.54, 1.807) is 12.4 Å². The van der Waals surface area contributed by atoms with Crippen LogP contribution < -0.4 is 0 Å². The Bertz CT molecular complexity index is 825. The monoisotopic (exact) mass is 309 g/mol. The van der Waals surface area contributed by atoms with Crippen molar-refractivity contribution in [2.45, 2.75) is 44.6 Å². The number of fused-ring (bicyclic) bond motifs is 1. The van der Waals surface area contributed by atoms with Crippen LogP contribution in [0.2, 0.25) is 0 Å². The van der Waals surface area contributed by atoms with Gasteiger partial charge in [0.05, 0.1) is 5.52 Å². The highest BCUT2D eigenvalue weighted by molar-refractivity contribution is 5.84. The molecule has 2 atom stereocenters. The van der Waals surface area contributed by atoms with E-state index in [4.69, 9.17) is 0 Å². The topological polar surface area (TPSA) is 30.7 Å². The second-order valence-electron chi connectivity index (χ2n) is 6.54. The molecule has 0 N–H and O–H groups in total. The summed E-state index contributed by atoms with van der Waals surface area (Å²) in [5, 5.41) is 0.732. The van der Waals surface area contributed by atoms with Gasteiger partial charge >= 0.3 is 0 Å². The lowest BCUT2D eigenvalue weighted by molar-refractivity contribution is 0.324. The van der Waals surface area contributed by atoms with Crippen molar-refractivity contribution in [3.63, 3.8) is 0 Å². The molecule has 1 aliphatic rings. The maximum Gasteiger partial charge on any atom is 0.132 e. The van der Waals surface area contributed by atoms with Crippen molar-refractivity contribution in [1.82, 2.24) is 14.5 Å². The van der Waals surface area contributed by atoms with E-state index in [2.05, 4.69) is 27.7 Å². The Kier molecular flexibility index (Phi) is 3.60. The molecule has 4 heteroatoms. The van der Waals surface area contributed by atoms with Gasteiger partial charge in [-0.2, -0.15) is 0 Å². The Morgan fingerprint density at radius 3 is 2.78 bits per heavy atom. The quantitative estimate of drug-likeness (QED) is 0.682. The van der Waals surface area contributed by atoms with E-state index in [0.717, 1.165) is 29.3 Å². The molecule has 0 amide bonds. The van der Waals surface area contributed by atoms with E-state index in [-0.39, 0.29) is 5.82 Å². The highest BCUT2D eigenvalue weighted by Crippen LogP contribution is 2.40. The summed E-state index contributed by atoms with van der Waals surface area (Å²) in [6, 6.07) is 5.76. The molecule has 23 heavy (non-hydrogen) atoms. The Balaban J connectivity index is 1.70. The second kappa shape index (κ2) is 5.76.